The fourth-order valence-corrected chi connectivity index (χ4v) is 2.42. The van der Waals surface area contributed by atoms with Crippen LogP contribution in [0.25, 0.3) is 0 Å². The number of H-pyrrole nitrogens is 1. The van der Waals surface area contributed by atoms with Crippen molar-refractivity contribution in [1.82, 2.24) is 4.98 Å². The first-order valence-electron chi connectivity index (χ1n) is 6.78. The molecule has 0 bridgehead atoms. The van der Waals surface area contributed by atoms with Crippen molar-refractivity contribution in [3.63, 3.8) is 0 Å². The second-order valence-corrected chi connectivity index (χ2v) is 5.09. The molecule has 2 rings (SSSR count). The molecule has 1 aliphatic rings. The molecule has 1 aromatic heterocycles. The van der Waals surface area contributed by atoms with E-state index in [9.17, 15) is 5.11 Å². The van der Waals surface area contributed by atoms with Crippen molar-refractivity contribution in [2.45, 2.75) is 45.0 Å². The maximum absolute atomic E-state index is 10.6. The zero-order valence-corrected chi connectivity index (χ0v) is 11.2. The summed E-state index contributed by atoms with van der Waals surface area (Å²) in [5.74, 6) is -1.13. The molecule has 3 atom stereocenters. The summed E-state index contributed by atoms with van der Waals surface area (Å²) < 4.78 is 11.4. The van der Waals surface area contributed by atoms with Gasteiger partial charge in [0.15, 0.2) is 0 Å². The lowest BCUT2D eigenvalue weighted by molar-refractivity contribution is -0.227. The Balaban J connectivity index is 1.88. The summed E-state index contributed by atoms with van der Waals surface area (Å²) in [6.07, 6.45) is 4.80. The third-order valence-electron chi connectivity index (χ3n) is 3.56. The summed E-state index contributed by atoms with van der Waals surface area (Å²) in [5, 5.41) is 10.6. The minimum atomic E-state index is -1.19. The van der Waals surface area contributed by atoms with Gasteiger partial charge >= 0.3 is 0 Å². The number of aliphatic hydroxyl groups is 1. The molecule has 102 valence electrons. The van der Waals surface area contributed by atoms with E-state index < -0.39 is 5.79 Å². The molecule has 1 unspecified atom stereocenters. The molecular formula is C14H23NO3. The standard InChI is InChI=1S/C14H23NO3/c1-3-4-8-17-10-12-9-11(2)14(16,18-12)13-6-5-7-15-13/h5-7,11-12,15-16H,3-4,8-10H2,1-2H3/t11-,12-,14?/m0/s1. The summed E-state index contributed by atoms with van der Waals surface area (Å²) >= 11 is 0. The summed E-state index contributed by atoms with van der Waals surface area (Å²) in [6.45, 7) is 5.48. The molecule has 2 heterocycles. The molecule has 1 fully saturated rings. The Hall–Kier alpha value is -0.840. The van der Waals surface area contributed by atoms with Crippen LogP contribution in [0.4, 0.5) is 0 Å². The van der Waals surface area contributed by atoms with E-state index in [-0.39, 0.29) is 12.0 Å². The van der Waals surface area contributed by atoms with Crippen LogP contribution in [0.15, 0.2) is 18.3 Å². The van der Waals surface area contributed by atoms with Crippen molar-refractivity contribution >= 4 is 0 Å². The number of unbranched alkanes of at least 4 members (excludes halogenated alkanes) is 1. The molecule has 18 heavy (non-hydrogen) atoms. The Kier molecular flexibility index (Phi) is 4.43. The van der Waals surface area contributed by atoms with Crippen LogP contribution < -0.4 is 0 Å². The predicted molar refractivity (Wildman–Crippen MR) is 69.1 cm³/mol. The first-order valence-corrected chi connectivity index (χ1v) is 6.78. The number of aromatic amines is 1. The highest BCUT2D eigenvalue weighted by Crippen LogP contribution is 2.41. The zero-order valence-electron chi connectivity index (χ0n) is 11.2. The van der Waals surface area contributed by atoms with Gasteiger partial charge in [0, 0.05) is 18.7 Å². The molecule has 0 amide bonds. The smallest absolute Gasteiger partial charge is 0.210 e. The van der Waals surface area contributed by atoms with Crippen LogP contribution in [0.2, 0.25) is 0 Å². The summed E-state index contributed by atoms with van der Waals surface area (Å²) in [7, 11) is 0. The van der Waals surface area contributed by atoms with Crippen molar-refractivity contribution in [3.8, 4) is 0 Å². The third-order valence-corrected chi connectivity index (χ3v) is 3.56. The number of aromatic nitrogens is 1. The van der Waals surface area contributed by atoms with E-state index in [4.69, 9.17) is 9.47 Å². The minimum Gasteiger partial charge on any atom is -0.379 e. The van der Waals surface area contributed by atoms with E-state index in [1.165, 1.54) is 0 Å². The van der Waals surface area contributed by atoms with E-state index in [0.717, 1.165) is 31.6 Å². The Morgan fingerprint density at radius 2 is 2.44 bits per heavy atom. The van der Waals surface area contributed by atoms with Gasteiger partial charge in [0.25, 0.3) is 0 Å². The number of hydrogen-bond donors (Lipinski definition) is 2. The third kappa shape index (κ3) is 2.76. The Bertz CT molecular complexity index is 352. The van der Waals surface area contributed by atoms with Gasteiger partial charge in [-0.05, 0) is 25.0 Å². The number of nitrogens with one attached hydrogen (secondary N) is 1. The van der Waals surface area contributed by atoms with Gasteiger partial charge in [-0.2, -0.15) is 0 Å². The molecule has 0 aliphatic carbocycles. The molecule has 0 radical (unpaired) electrons. The van der Waals surface area contributed by atoms with Gasteiger partial charge in [0.2, 0.25) is 5.79 Å². The summed E-state index contributed by atoms with van der Waals surface area (Å²) in [4.78, 5) is 3.03. The normalized spacial score (nSPS) is 31.9. The number of rotatable bonds is 6. The van der Waals surface area contributed by atoms with Gasteiger partial charge in [-0.15, -0.1) is 0 Å². The first-order chi connectivity index (χ1) is 8.66. The van der Waals surface area contributed by atoms with Gasteiger partial charge in [-0.3, -0.25) is 0 Å². The lowest BCUT2D eigenvalue weighted by Crippen LogP contribution is -2.32. The zero-order chi connectivity index (χ0) is 13.0. The molecule has 4 heteroatoms. The largest absolute Gasteiger partial charge is 0.379 e. The van der Waals surface area contributed by atoms with E-state index in [1.54, 1.807) is 6.20 Å². The molecule has 0 saturated carbocycles. The van der Waals surface area contributed by atoms with Gasteiger partial charge in [-0.1, -0.05) is 20.3 Å². The van der Waals surface area contributed by atoms with Crippen molar-refractivity contribution < 1.29 is 14.6 Å². The highest BCUT2D eigenvalue weighted by Gasteiger charge is 2.46. The highest BCUT2D eigenvalue weighted by atomic mass is 16.6. The second-order valence-electron chi connectivity index (χ2n) is 5.09. The maximum Gasteiger partial charge on any atom is 0.210 e. The van der Waals surface area contributed by atoms with Crippen LogP contribution in [-0.2, 0) is 15.3 Å². The average Bonchev–Trinajstić information content (AvgIpc) is 2.95. The Morgan fingerprint density at radius 3 is 3.11 bits per heavy atom. The molecule has 0 spiro atoms. The molecule has 0 aromatic carbocycles. The highest BCUT2D eigenvalue weighted by molar-refractivity contribution is 5.13. The van der Waals surface area contributed by atoms with Crippen LogP contribution in [0, 0.1) is 5.92 Å². The van der Waals surface area contributed by atoms with E-state index >= 15 is 0 Å². The first kappa shape index (κ1) is 13.6. The van der Waals surface area contributed by atoms with Crippen LogP contribution >= 0.6 is 0 Å². The fourth-order valence-electron chi connectivity index (χ4n) is 2.42. The van der Waals surface area contributed by atoms with E-state index in [0.29, 0.717) is 6.61 Å². The van der Waals surface area contributed by atoms with Crippen molar-refractivity contribution in [2.75, 3.05) is 13.2 Å². The summed E-state index contributed by atoms with van der Waals surface area (Å²) in [5.41, 5.74) is 0.728. The fraction of sp³-hybridized carbons (Fsp3) is 0.714. The van der Waals surface area contributed by atoms with Gasteiger partial charge in [0.1, 0.15) is 0 Å². The van der Waals surface area contributed by atoms with Gasteiger partial charge < -0.3 is 19.6 Å². The van der Waals surface area contributed by atoms with Gasteiger partial charge in [0.05, 0.1) is 18.4 Å². The molecule has 2 N–H and O–H groups in total. The average molecular weight is 253 g/mol. The SMILES string of the molecule is CCCCOC[C@@H]1C[C@H](C)C(O)(c2ccc[nH]2)O1. The topological polar surface area (TPSA) is 54.5 Å². The lowest BCUT2D eigenvalue weighted by Gasteiger charge is -2.26. The molecule has 1 aliphatic heterocycles. The molecular weight excluding hydrogens is 230 g/mol. The molecule has 1 saturated heterocycles. The predicted octanol–water partition coefficient (Wildman–Crippen LogP) is 2.40. The minimum absolute atomic E-state index is 0.0230. The van der Waals surface area contributed by atoms with Crippen molar-refractivity contribution in [1.29, 1.82) is 0 Å². The van der Waals surface area contributed by atoms with Crippen LogP contribution in [0.5, 0.6) is 0 Å². The Morgan fingerprint density at radius 1 is 1.61 bits per heavy atom. The number of ether oxygens (including phenoxy) is 2. The molecule has 4 nitrogen and oxygen atoms in total. The second kappa shape index (κ2) is 5.87. The van der Waals surface area contributed by atoms with Crippen molar-refractivity contribution in [3.05, 3.63) is 24.0 Å². The van der Waals surface area contributed by atoms with Crippen molar-refractivity contribution in [2.24, 2.45) is 5.92 Å². The maximum atomic E-state index is 10.6. The lowest BCUT2D eigenvalue weighted by atomic mass is 9.96. The molecule has 1 aromatic rings. The quantitative estimate of drug-likeness (QED) is 0.765. The van der Waals surface area contributed by atoms with Gasteiger partial charge in [-0.25, -0.2) is 0 Å². The Labute approximate surface area is 108 Å². The summed E-state index contributed by atoms with van der Waals surface area (Å²) in [6, 6.07) is 3.73. The van der Waals surface area contributed by atoms with Crippen LogP contribution in [0.3, 0.4) is 0 Å². The van der Waals surface area contributed by atoms with Crippen LogP contribution in [-0.4, -0.2) is 29.4 Å². The number of hydrogen-bond acceptors (Lipinski definition) is 3. The van der Waals surface area contributed by atoms with E-state index in [2.05, 4.69) is 11.9 Å². The van der Waals surface area contributed by atoms with Crippen LogP contribution in [0.1, 0.15) is 38.8 Å². The monoisotopic (exact) mass is 253 g/mol. The van der Waals surface area contributed by atoms with E-state index in [1.807, 2.05) is 19.1 Å².